The van der Waals surface area contributed by atoms with Gasteiger partial charge in [0.05, 0.1) is 7.11 Å². The highest BCUT2D eigenvalue weighted by Crippen LogP contribution is 2.30. The molecule has 0 aromatic heterocycles. The van der Waals surface area contributed by atoms with E-state index in [2.05, 4.69) is 0 Å². The number of methoxy groups -OCH3 is 1. The van der Waals surface area contributed by atoms with Crippen LogP contribution in [0.3, 0.4) is 0 Å². The van der Waals surface area contributed by atoms with Crippen molar-refractivity contribution < 1.29 is 24.2 Å². The lowest BCUT2D eigenvalue weighted by Gasteiger charge is -2.24. The summed E-state index contributed by atoms with van der Waals surface area (Å²) in [6.45, 7) is 0.381. The van der Waals surface area contributed by atoms with Crippen LogP contribution in [-0.4, -0.2) is 41.8 Å². The van der Waals surface area contributed by atoms with Gasteiger partial charge in [-0.05, 0) is 77.7 Å². The summed E-state index contributed by atoms with van der Waals surface area (Å²) in [5, 5.41) is 12.7. The van der Waals surface area contributed by atoms with E-state index < -0.39 is 17.3 Å². The van der Waals surface area contributed by atoms with Crippen molar-refractivity contribution in [3.05, 3.63) is 89.5 Å². The molecule has 4 aromatic rings. The van der Waals surface area contributed by atoms with E-state index in [9.17, 15) is 19.5 Å². The first-order valence-electron chi connectivity index (χ1n) is 11.7. The van der Waals surface area contributed by atoms with E-state index in [0.29, 0.717) is 41.3 Å². The molecular formula is C29H28N2O5. The number of hydrogen-bond acceptors (Lipinski definition) is 6. The molecule has 1 atom stereocenters. The van der Waals surface area contributed by atoms with Gasteiger partial charge in [-0.25, -0.2) is 4.79 Å². The second-order valence-electron chi connectivity index (χ2n) is 8.81. The van der Waals surface area contributed by atoms with Gasteiger partial charge in [0.25, 0.3) is 0 Å². The third-order valence-electron chi connectivity index (χ3n) is 6.53. The standard InChI is InChI=1S/C29H28N2O5/c1-36-21-11-10-18-16-20(9-8-19(18)17-21)26(32)24-12-13-25(23-7-3-2-6-22(23)24)27(33)29(31,28(34)35)14-4-5-15-30/h2-3,6-13,16-17H,4-5,14-15,30-31H2,1H3,(H,34,35)/t29-/m1/s1. The van der Waals surface area contributed by atoms with E-state index >= 15 is 0 Å². The molecule has 0 heterocycles. The highest BCUT2D eigenvalue weighted by molar-refractivity contribution is 6.24. The zero-order chi connectivity index (χ0) is 25.9. The van der Waals surface area contributed by atoms with Gasteiger partial charge in [0, 0.05) is 16.7 Å². The molecule has 0 saturated carbocycles. The number of nitrogens with two attached hydrogens (primary N) is 2. The van der Waals surface area contributed by atoms with Crippen molar-refractivity contribution in [2.24, 2.45) is 11.5 Å². The first-order chi connectivity index (χ1) is 17.3. The zero-order valence-corrected chi connectivity index (χ0v) is 20.0. The summed E-state index contributed by atoms with van der Waals surface area (Å²) in [6, 6.07) is 21.1. The average molecular weight is 485 g/mol. The molecule has 0 aliphatic carbocycles. The molecule has 0 fully saturated rings. The molecule has 0 aliphatic rings. The number of hydrogen-bond donors (Lipinski definition) is 3. The van der Waals surface area contributed by atoms with Gasteiger partial charge < -0.3 is 21.3 Å². The Morgan fingerprint density at radius 3 is 2.17 bits per heavy atom. The second-order valence-corrected chi connectivity index (χ2v) is 8.81. The van der Waals surface area contributed by atoms with Gasteiger partial charge in [0.15, 0.2) is 17.1 Å². The summed E-state index contributed by atoms with van der Waals surface area (Å²) >= 11 is 0. The zero-order valence-electron chi connectivity index (χ0n) is 20.0. The number of aliphatic carboxylic acids is 1. The van der Waals surface area contributed by atoms with Gasteiger partial charge in [0.2, 0.25) is 0 Å². The molecule has 0 aliphatic heterocycles. The summed E-state index contributed by atoms with van der Waals surface area (Å²) in [7, 11) is 1.60. The van der Waals surface area contributed by atoms with Crippen molar-refractivity contribution in [1.29, 1.82) is 0 Å². The average Bonchev–Trinajstić information content (AvgIpc) is 2.90. The van der Waals surface area contributed by atoms with Crippen molar-refractivity contribution in [3.8, 4) is 5.75 Å². The van der Waals surface area contributed by atoms with E-state index in [4.69, 9.17) is 16.2 Å². The number of carboxylic acid groups (broad SMARTS) is 1. The van der Waals surface area contributed by atoms with Gasteiger partial charge >= 0.3 is 5.97 Å². The van der Waals surface area contributed by atoms with Crippen molar-refractivity contribution in [1.82, 2.24) is 0 Å². The Balaban J connectivity index is 1.76. The van der Waals surface area contributed by atoms with Crippen LogP contribution >= 0.6 is 0 Å². The normalized spacial score (nSPS) is 12.9. The van der Waals surface area contributed by atoms with Crippen LogP contribution in [0.1, 0.15) is 45.5 Å². The number of fused-ring (bicyclic) bond motifs is 2. The van der Waals surface area contributed by atoms with Gasteiger partial charge in [-0.15, -0.1) is 0 Å². The number of carbonyl (C=O) groups excluding carboxylic acids is 2. The Labute approximate surface area is 208 Å². The minimum atomic E-state index is -2.08. The largest absolute Gasteiger partial charge is 0.497 e. The first-order valence-corrected chi connectivity index (χ1v) is 11.7. The summed E-state index contributed by atoms with van der Waals surface area (Å²) in [4.78, 5) is 39.0. The summed E-state index contributed by atoms with van der Waals surface area (Å²) < 4.78 is 5.27. The Kier molecular flexibility index (Phi) is 7.15. The SMILES string of the molecule is COc1ccc2cc(C(=O)c3ccc(C(=O)[C@](N)(CCCCN)C(=O)O)c4ccccc34)ccc2c1. The number of ketones is 2. The predicted octanol–water partition coefficient (Wildman–Crippen LogP) is 4.33. The monoisotopic (exact) mass is 484 g/mol. The van der Waals surface area contributed by atoms with Crippen LogP contribution < -0.4 is 16.2 Å². The summed E-state index contributed by atoms with van der Waals surface area (Å²) in [5.74, 6) is -1.56. The third-order valence-corrected chi connectivity index (χ3v) is 6.53. The van der Waals surface area contributed by atoms with E-state index in [-0.39, 0.29) is 17.8 Å². The minimum Gasteiger partial charge on any atom is -0.497 e. The lowest BCUT2D eigenvalue weighted by Crippen LogP contribution is -2.55. The molecule has 4 rings (SSSR count). The molecular weight excluding hydrogens is 456 g/mol. The number of carbonyl (C=O) groups is 3. The first kappa shape index (κ1) is 25.0. The second kappa shape index (κ2) is 10.3. The molecule has 36 heavy (non-hydrogen) atoms. The number of unbranched alkanes of at least 4 members (excludes halogenated alkanes) is 1. The number of ether oxygens (including phenoxy) is 1. The van der Waals surface area contributed by atoms with Gasteiger partial charge in [-0.3, -0.25) is 9.59 Å². The molecule has 7 heteroatoms. The van der Waals surface area contributed by atoms with Crippen LogP contribution in [0, 0.1) is 0 Å². The van der Waals surface area contributed by atoms with Crippen LogP contribution in [-0.2, 0) is 4.79 Å². The molecule has 0 bridgehead atoms. The van der Waals surface area contributed by atoms with Gasteiger partial charge in [0.1, 0.15) is 5.75 Å². The Morgan fingerprint density at radius 1 is 0.861 bits per heavy atom. The Hall–Kier alpha value is -4.07. The van der Waals surface area contributed by atoms with E-state index in [1.807, 2.05) is 30.3 Å². The van der Waals surface area contributed by atoms with Gasteiger partial charge in [-0.2, -0.15) is 0 Å². The maximum absolute atomic E-state index is 13.5. The number of Topliss-reactive ketones (excluding diaryl/α,β-unsaturated/α-hetero) is 1. The lowest BCUT2D eigenvalue weighted by molar-refractivity contribution is -0.141. The van der Waals surface area contributed by atoms with Crippen LogP contribution in [0.25, 0.3) is 21.5 Å². The molecule has 184 valence electrons. The molecule has 0 saturated heterocycles. The number of rotatable bonds is 10. The van der Waals surface area contributed by atoms with E-state index in [1.165, 1.54) is 6.07 Å². The molecule has 0 radical (unpaired) electrons. The van der Waals surface area contributed by atoms with Crippen molar-refractivity contribution in [2.75, 3.05) is 13.7 Å². The number of benzene rings is 4. The van der Waals surface area contributed by atoms with Crippen LogP contribution in [0.15, 0.2) is 72.8 Å². The highest BCUT2D eigenvalue weighted by Gasteiger charge is 2.42. The Morgan fingerprint density at radius 2 is 1.50 bits per heavy atom. The summed E-state index contributed by atoms with van der Waals surface area (Å²) in [5.41, 5.74) is 10.7. The maximum atomic E-state index is 13.5. The molecule has 5 N–H and O–H groups in total. The van der Waals surface area contributed by atoms with Crippen LogP contribution in [0.4, 0.5) is 0 Å². The van der Waals surface area contributed by atoms with E-state index in [1.54, 1.807) is 43.5 Å². The smallest absolute Gasteiger partial charge is 0.331 e. The van der Waals surface area contributed by atoms with Crippen molar-refractivity contribution in [3.63, 3.8) is 0 Å². The summed E-state index contributed by atoms with van der Waals surface area (Å²) in [6.07, 6.45) is 0.939. The fraction of sp³-hybridized carbons (Fsp3) is 0.207. The quantitative estimate of drug-likeness (QED) is 0.173. The molecule has 0 amide bonds. The van der Waals surface area contributed by atoms with Crippen molar-refractivity contribution in [2.45, 2.75) is 24.8 Å². The maximum Gasteiger partial charge on any atom is 0.331 e. The fourth-order valence-corrected chi connectivity index (χ4v) is 4.45. The molecule has 0 unspecified atom stereocenters. The van der Waals surface area contributed by atoms with Crippen molar-refractivity contribution >= 4 is 39.1 Å². The minimum absolute atomic E-state index is 0.0325. The van der Waals surface area contributed by atoms with Gasteiger partial charge in [-0.1, -0.05) is 42.5 Å². The highest BCUT2D eigenvalue weighted by atomic mass is 16.5. The molecule has 4 aromatic carbocycles. The van der Waals surface area contributed by atoms with Crippen LogP contribution in [0.2, 0.25) is 0 Å². The fourth-order valence-electron chi connectivity index (χ4n) is 4.45. The lowest BCUT2D eigenvalue weighted by atomic mass is 9.82. The Bertz CT molecular complexity index is 1480. The topological polar surface area (TPSA) is 133 Å². The molecule has 7 nitrogen and oxygen atoms in total. The predicted molar refractivity (Wildman–Crippen MR) is 140 cm³/mol. The molecule has 0 spiro atoms. The third kappa shape index (κ3) is 4.58. The van der Waals surface area contributed by atoms with Crippen LogP contribution in [0.5, 0.6) is 5.75 Å². The number of carboxylic acids is 1. The van der Waals surface area contributed by atoms with E-state index in [0.717, 1.165) is 16.5 Å².